The van der Waals surface area contributed by atoms with Gasteiger partial charge in [-0.2, -0.15) is 0 Å². The molecule has 2 rings (SSSR count). The smallest absolute Gasteiger partial charge is 0.0974 e. The van der Waals surface area contributed by atoms with Gasteiger partial charge in [0.2, 0.25) is 0 Å². The van der Waals surface area contributed by atoms with Crippen LogP contribution in [0.25, 0.3) is 0 Å². The molecule has 2 heterocycles. The molecule has 0 saturated carbocycles. The lowest BCUT2D eigenvalue weighted by atomic mass is 10.1. The maximum atomic E-state index is 5.84. The summed E-state index contributed by atoms with van der Waals surface area (Å²) in [6, 6.07) is 0.635. The number of nitrogens with one attached hydrogen (secondary N) is 1. The second kappa shape index (κ2) is 7.55. The van der Waals surface area contributed by atoms with Crippen LogP contribution in [-0.2, 0) is 9.47 Å². The highest BCUT2D eigenvalue weighted by Gasteiger charge is 2.32. The summed E-state index contributed by atoms with van der Waals surface area (Å²) in [5.41, 5.74) is 0. The molecule has 112 valence electrons. The highest BCUT2D eigenvalue weighted by Crippen LogP contribution is 2.18. The molecule has 3 atom stereocenters. The lowest BCUT2D eigenvalue weighted by Gasteiger charge is -2.47. The molecule has 2 aliphatic heterocycles. The van der Waals surface area contributed by atoms with E-state index in [9.17, 15) is 0 Å². The molecule has 0 bridgehead atoms. The Bertz CT molecular complexity index is 263. The van der Waals surface area contributed by atoms with Crippen molar-refractivity contribution < 1.29 is 9.47 Å². The number of piperazine rings is 1. The van der Waals surface area contributed by atoms with Crippen molar-refractivity contribution in [3.63, 3.8) is 0 Å². The topological polar surface area (TPSA) is 37.0 Å². The van der Waals surface area contributed by atoms with Crippen LogP contribution in [0.1, 0.15) is 26.7 Å². The fourth-order valence-corrected chi connectivity index (χ4v) is 3.04. The Kier molecular flexibility index (Phi) is 6.04. The van der Waals surface area contributed by atoms with Crippen LogP contribution < -0.4 is 5.32 Å². The molecule has 5 heteroatoms. The summed E-state index contributed by atoms with van der Waals surface area (Å²) >= 11 is 0. The van der Waals surface area contributed by atoms with Crippen LogP contribution in [0.4, 0.5) is 0 Å². The molecule has 0 aromatic heterocycles. The van der Waals surface area contributed by atoms with Crippen molar-refractivity contribution in [3.05, 3.63) is 0 Å². The number of ether oxygens (including phenoxy) is 2. The molecular weight excluding hydrogens is 242 g/mol. The average Bonchev–Trinajstić information content (AvgIpc) is 2.47. The Morgan fingerprint density at radius 2 is 2.26 bits per heavy atom. The summed E-state index contributed by atoms with van der Waals surface area (Å²) in [6.45, 7) is 10.4. The third kappa shape index (κ3) is 3.89. The number of hydrazine groups is 1. The molecule has 2 saturated heterocycles. The Labute approximate surface area is 117 Å². The molecule has 0 aliphatic carbocycles. The van der Waals surface area contributed by atoms with E-state index in [4.69, 9.17) is 9.47 Å². The van der Waals surface area contributed by atoms with Gasteiger partial charge in [0.1, 0.15) is 0 Å². The summed E-state index contributed by atoms with van der Waals surface area (Å²) in [5.74, 6) is 0. The minimum absolute atomic E-state index is 0.162. The zero-order valence-electron chi connectivity index (χ0n) is 12.6. The van der Waals surface area contributed by atoms with Crippen molar-refractivity contribution in [3.8, 4) is 0 Å². The van der Waals surface area contributed by atoms with E-state index in [1.54, 1.807) is 7.11 Å². The first kappa shape index (κ1) is 15.2. The third-order valence-corrected chi connectivity index (χ3v) is 4.27. The molecule has 2 aliphatic rings. The van der Waals surface area contributed by atoms with E-state index in [2.05, 4.69) is 29.2 Å². The van der Waals surface area contributed by atoms with Crippen LogP contribution in [0.2, 0.25) is 0 Å². The Morgan fingerprint density at radius 3 is 3.00 bits per heavy atom. The first-order valence-corrected chi connectivity index (χ1v) is 7.62. The summed E-state index contributed by atoms with van der Waals surface area (Å²) in [5, 5.41) is 8.57. The second-order valence-electron chi connectivity index (χ2n) is 5.57. The van der Waals surface area contributed by atoms with E-state index in [0.717, 1.165) is 39.3 Å². The van der Waals surface area contributed by atoms with E-state index in [1.165, 1.54) is 12.8 Å². The minimum Gasteiger partial charge on any atom is -0.379 e. The van der Waals surface area contributed by atoms with E-state index in [1.807, 2.05) is 0 Å². The first-order chi connectivity index (χ1) is 9.26. The Hall–Kier alpha value is -0.200. The van der Waals surface area contributed by atoms with Gasteiger partial charge in [0.05, 0.1) is 18.8 Å². The van der Waals surface area contributed by atoms with Gasteiger partial charge in [0, 0.05) is 45.9 Å². The van der Waals surface area contributed by atoms with E-state index in [0.29, 0.717) is 6.04 Å². The predicted molar refractivity (Wildman–Crippen MR) is 76.1 cm³/mol. The van der Waals surface area contributed by atoms with Gasteiger partial charge in [0.25, 0.3) is 0 Å². The monoisotopic (exact) mass is 271 g/mol. The van der Waals surface area contributed by atoms with Crippen molar-refractivity contribution >= 4 is 0 Å². The molecule has 0 amide bonds. The van der Waals surface area contributed by atoms with Crippen LogP contribution in [0, 0.1) is 0 Å². The Morgan fingerprint density at radius 1 is 1.42 bits per heavy atom. The quantitative estimate of drug-likeness (QED) is 0.797. The lowest BCUT2D eigenvalue weighted by Crippen LogP contribution is -2.62. The minimum atomic E-state index is 0.162. The number of hydrogen-bond acceptors (Lipinski definition) is 5. The van der Waals surface area contributed by atoms with Crippen LogP contribution in [0.5, 0.6) is 0 Å². The summed E-state index contributed by atoms with van der Waals surface area (Å²) < 4.78 is 11.3. The van der Waals surface area contributed by atoms with Gasteiger partial charge in [0.15, 0.2) is 0 Å². The fourth-order valence-electron chi connectivity index (χ4n) is 3.04. The fraction of sp³-hybridized carbons (Fsp3) is 1.00. The predicted octanol–water partition coefficient (Wildman–Crippen LogP) is 0.711. The van der Waals surface area contributed by atoms with Gasteiger partial charge in [-0.05, 0) is 13.3 Å². The van der Waals surface area contributed by atoms with Crippen molar-refractivity contribution in [2.24, 2.45) is 0 Å². The maximum Gasteiger partial charge on any atom is 0.0974 e. The second-order valence-corrected chi connectivity index (χ2v) is 5.57. The molecule has 0 aromatic carbocycles. The summed E-state index contributed by atoms with van der Waals surface area (Å²) in [6.07, 6.45) is 2.85. The number of rotatable bonds is 5. The van der Waals surface area contributed by atoms with Crippen molar-refractivity contribution in [1.29, 1.82) is 0 Å². The third-order valence-electron chi connectivity index (χ3n) is 4.27. The summed E-state index contributed by atoms with van der Waals surface area (Å²) in [7, 11) is 1.76. The molecular formula is C14H29N3O2. The van der Waals surface area contributed by atoms with Gasteiger partial charge in [-0.3, -0.25) is 0 Å². The molecule has 0 aromatic rings. The van der Waals surface area contributed by atoms with Gasteiger partial charge >= 0.3 is 0 Å². The average molecular weight is 271 g/mol. The first-order valence-electron chi connectivity index (χ1n) is 7.62. The number of methoxy groups -OCH3 is 1. The largest absolute Gasteiger partial charge is 0.379 e. The van der Waals surface area contributed by atoms with Crippen LogP contribution in [-0.4, -0.2) is 74.7 Å². The lowest BCUT2D eigenvalue weighted by molar-refractivity contribution is -0.169. The van der Waals surface area contributed by atoms with Crippen LogP contribution in [0.3, 0.4) is 0 Å². The van der Waals surface area contributed by atoms with Crippen LogP contribution >= 0.6 is 0 Å². The van der Waals surface area contributed by atoms with Crippen LogP contribution in [0.15, 0.2) is 0 Å². The molecule has 3 unspecified atom stereocenters. The highest BCUT2D eigenvalue weighted by molar-refractivity contribution is 4.82. The molecule has 5 nitrogen and oxygen atoms in total. The van der Waals surface area contributed by atoms with E-state index < -0.39 is 0 Å². The number of nitrogens with zero attached hydrogens (tertiary/aromatic N) is 2. The molecule has 0 radical (unpaired) electrons. The molecule has 1 N–H and O–H groups in total. The van der Waals surface area contributed by atoms with Crippen molar-refractivity contribution in [1.82, 2.24) is 15.3 Å². The molecule has 2 fully saturated rings. The molecule has 19 heavy (non-hydrogen) atoms. The molecule has 0 spiro atoms. The van der Waals surface area contributed by atoms with E-state index in [-0.39, 0.29) is 12.2 Å². The van der Waals surface area contributed by atoms with Gasteiger partial charge in [-0.15, -0.1) is 0 Å². The highest BCUT2D eigenvalue weighted by atomic mass is 16.5. The zero-order valence-corrected chi connectivity index (χ0v) is 12.6. The SMILES string of the molecule is CCCC1CNCCN1N1CCOC(C(C)OC)C1. The number of hydrogen-bond donors (Lipinski definition) is 1. The normalized spacial score (nSPS) is 32.4. The van der Waals surface area contributed by atoms with Gasteiger partial charge in [-0.25, -0.2) is 10.0 Å². The van der Waals surface area contributed by atoms with E-state index >= 15 is 0 Å². The van der Waals surface area contributed by atoms with Gasteiger partial charge < -0.3 is 14.8 Å². The Balaban J connectivity index is 1.94. The van der Waals surface area contributed by atoms with Crippen molar-refractivity contribution in [2.45, 2.75) is 44.9 Å². The van der Waals surface area contributed by atoms with Crippen molar-refractivity contribution in [2.75, 3.05) is 46.4 Å². The maximum absolute atomic E-state index is 5.84. The number of morpholine rings is 1. The van der Waals surface area contributed by atoms with Gasteiger partial charge in [-0.1, -0.05) is 13.3 Å². The summed E-state index contributed by atoms with van der Waals surface area (Å²) in [4.78, 5) is 0. The standard InChI is InChI=1S/C14H29N3O2/c1-4-5-13-10-15-6-7-17(13)16-8-9-19-14(11-16)12(2)18-3/h12-15H,4-11H2,1-3H3. The zero-order chi connectivity index (χ0) is 13.7.